The molecule has 2 fully saturated rings. The summed E-state index contributed by atoms with van der Waals surface area (Å²) >= 11 is 0. The van der Waals surface area contributed by atoms with Gasteiger partial charge in [0.05, 0.1) is 5.69 Å². The summed E-state index contributed by atoms with van der Waals surface area (Å²) in [6.45, 7) is 3.06. The molecule has 0 saturated heterocycles. The zero-order valence-electron chi connectivity index (χ0n) is 10.8. The number of para-hydroxylation sites is 2. The van der Waals surface area contributed by atoms with Crippen molar-refractivity contribution in [3.63, 3.8) is 0 Å². The summed E-state index contributed by atoms with van der Waals surface area (Å²) in [4.78, 5) is 2.61. The predicted octanol–water partition coefficient (Wildman–Crippen LogP) is 2.52. The Morgan fingerprint density at radius 3 is 2.61 bits per heavy atom. The molecule has 3 nitrogen and oxygen atoms in total. The lowest BCUT2D eigenvalue weighted by Gasteiger charge is -2.22. The van der Waals surface area contributed by atoms with Crippen LogP contribution in [0.3, 0.4) is 0 Å². The van der Waals surface area contributed by atoms with Crippen molar-refractivity contribution in [1.29, 1.82) is 0 Å². The number of benzene rings is 1. The molecule has 0 atom stereocenters. The molecule has 3 heteroatoms. The van der Waals surface area contributed by atoms with E-state index in [4.69, 9.17) is 10.5 Å². The maximum absolute atomic E-state index is 5.86. The Balaban J connectivity index is 1.46. The highest BCUT2D eigenvalue weighted by molar-refractivity contribution is 5.51. The van der Waals surface area contributed by atoms with Crippen LogP contribution in [-0.4, -0.2) is 30.6 Å². The van der Waals surface area contributed by atoms with Crippen LogP contribution in [0.5, 0.6) is 5.75 Å². The summed E-state index contributed by atoms with van der Waals surface area (Å²) in [5, 5.41) is 0. The Labute approximate surface area is 109 Å². The van der Waals surface area contributed by atoms with Gasteiger partial charge >= 0.3 is 0 Å². The molecular formula is C15H22N2O. The van der Waals surface area contributed by atoms with Crippen molar-refractivity contribution in [3.8, 4) is 5.75 Å². The number of anilines is 1. The van der Waals surface area contributed by atoms with Crippen molar-refractivity contribution < 1.29 is 4.74 Å². The number of rotatable bonds is 7. The number of ether oxygens (including phenoxy) is 1. The van der Waals surface area contributed by atoms with Gasteiger partial charge in [0.15, 0.2) is 0 Å². The highest BCUT2D eigenvalue weighted by Gasteiger charge is 2.33. The van der Waals surface area contributed by atoms with Gasteiger partial charge in [0.2, 0.25) is 0 Å². The van der Waals surface area contributed by atoms with Crippen LogP contribution in [-0.2, 0) is 0 Å². The fourth-order valence-corrected chi connectivity index (χ4v) is 2.38. The lowest BCUT2D eigenvalue weighted by molar-refractivity contribution is 0.196. The molecule has 0 aromatic heterocycles. The fraction of sp³-hybridized carbons (Fsp3) is 0.600. The third kappa shape index (κ3) is 3.16. The van der Waals surface area contributed by atoms with Crippen molar-refractivity contribution in [3.05, 3.63) is 24.3 Å². The fourth-order valence-electron chi connectivity index (χ4n) is 2.38. The van der Waals surface area contributed by atoms with Gasteiger partial charge in [0.1, 0.15) is 12.4 Å². The van der Waals surface area contributed by atoms with E-state index in [2.05, 4.69) is 4.90 Å². The molecule has 0 radical (unpaired) electrons. The summed E-state index contributed by atoms with van der Waals surface area (Å²) in [7, 11) is 0. The zero-order valence-corrected chi connectivity index (χ0v) is 10.8. The van der Waals surface area contributed by atoms with E-state index in [0.717, 1.165) is 36.5 Å². The van der Waals surface area contributed by atoms with Crippen LogP contribution < -0.4 is 10.5 Å². The molecule has 0 bridgehead atoms. The van der Waals surface area contributed by atoms with Crippen LogP contribution in [0.4, 0.5) is 5.69 Å². The van der Waals surface area contributed by atoms with Crippen LogP contribution in [0.25, 0.3) is 0 Å². The van der Waals surface area contributed by atoms with Crippen LogP contribution >= 0.6 is 0 Å². The van der Waals surface area contributed by atoms with E-state index in [9.17, 15) is 0 Å². The molecule has 3 rings (SSSR count). The lowest BCUT2D eigenvalue weighted by atomic mass is 10.3. The molecule has 2 N–H and O–H groups in total. The molecular weight excluding hydrogens is 224 g/mol. The molecule has 0 spiro atoms. The van der Waals surface area contributed by atoms with E-state index < -0.39 is 0 Å². The van der Waals surface area contributed by atoms with Crippen molar-refractivity contribution in [2.24, 2.45) is 5.92 Å². The number of hydrogen-bond donors (Lipinski definition) is 1. The molecule has 2 saturated carbocycles. The van der Waals surface area contributed by atoms with Crippen LogP contribution in [0.15, 0.2) is 24.3 Å². The molecule has 0 heterocycles. The number of hydrogen-bond acceptors (Lipinski definition) is 3. The first-order chi connectivity index (χ1) is 8.83. The normalized spacial score (nSPS) is 19.2. The molecule has 1 aromatic carbocycles. The van der Waals surface area contributed by atoms with Crippen molar-refractivity contribution in [2.75, 3.05) is 25.4 Å². The third-order valence-electron chi connectivity index (χ3n) is 3.81. The number of nitrogens with zero attached hydrogens (tertiary/aromatic N) is 1. The molecule has 0 aliphatic heterocycles. The Bertz CT molecular complexity index is 399. The van der Waals surface area contributed by atoms with Crippen LogP contribution in [0.2, 0.25) is 0 Å². The predicted molar refractivity (Wildman–Crippen MR) is 73.7 cm³/mol. The van der Waals surface area contributed by atoms with Crippen molar-refractivity contribution >= 4 is 5.69 Å². The second-order valence-electron chi connectivity index (χ2n) is 5.56. The minimum absolute atomic E-state index is 0.734. The van der Waals surface area contributed by atoms with E-state index in [0.29, 0.717) is 0 Å². The van der Waals surface area contributed by atoms with Gasteiger partial charge < -0.3 is 10.5 Å². The van der Waals surface area contributed by atoms with Gasteiger partial charge in [-0.2, -0.15) is 0 Å². The molecule has 98 valence electrons. The van der Waals surface area contributed by atoms with Gasteiger partial charge in [-0.05, 0) is 43.7 Å². The van der Waals surface area contributed by atoms with Gasteiger partial charge in [-0.25, -0.2) is 0 Å². The number of nitrogens with two attached hydrogens (primary N) is 1. The van der Waals surface area contributed by atoms with E-state index >= 15 is 0 Å². The smallest absolute Gasteiger partial charge is 0.142 e. The Morgan fingerprint density at radius 2 is 1.94 bits per heavy atom. The van der Waals surface area contributed by atoms with E-state index in [1.165, 1.54) is 32.2 Å². The minimum atomic E-state index is 0.734. The lowest BCUT2D eigenvalue weighted by Crippen LogP contribution is -2.32. The summed E-state index contributed by atoms with van der Waals surface area (Å²) in [5.74, 6) is 1.78. The maximum Gasteiger partial charge on any atom is 0.142 e. The first kappa shape index (κ1) is 11.8. The maximum atomic E-state index is 5.86. The largest absolute Gasteiger partial charge is 0.490 e. The van der Waals surface area contributed by atoms with Crippen molar-refractivity contribution in [2.45, 2.75) is 31.7 Å². The standard InChI is InChI=1S/C15H22N2O/c16-14-3-1-2-4-15(14)18-10-9-17(13-7-8-13)11-12-5-6-12/h1-4,12-13H,5-11,16H2. The first-order valence-electron chi connectivity index (χ1n) is 7.04. The molecule has 0 amide bonds. The minimum Gasteiger partial charge on any atom is -0.490 e. The summed E-state index contributed by atoms with van der Waals surface area (Å²) in [6.07, 6.45) is 5.60. The van der Waals surface area contributed by atoms with E-state index in [1.807, 2.05) is 24.3 Å². The molecule has 0 unspecified atom stereocenters. The van der Waals surface area contributed by atoms with Gasteiger partial charge in [-0.1, -0.05) is 12.1 Å². The van der Waals surface area contributed by atoms with Gasteiger partial charge in [-0.15, -0.1) is 0 Å². The highest BCUT2D eigenvalue weighted by Crippen LogP contribution is 2.34. The molecule has 1 aromatic rings. The molecule has 2 aliphatic rings. The second kappa shape index (κ2) is 5.19. The zero-order chi connectivity index (χ0) is 12.4. The van der Waals surface area contributed by atoms with Crippen molar-refractivity contribution in [1.82, 2.24) is 4.90 Å². The molecule has 2 aliphatic carbocycles. The Hall–Kier alpha value is -1.22. The second-order valence-corrected chi connectivity index (χ2v) is 5.56. The Morgan fingerprint density at radius 1 is 1.17 bits per heavy atom. The monoisotopic (exact) mass is 246 g/mol. The van der Waals surface area contributed by atoms with Crippen LogP contribution in [0.1, 0.15) is 25.7 Å². The SMILES string of the molecule is Nc1ccccc1OCCN(CC1CC1)C1CC1. The average molecular weight is 246 g/mol. The summed E-state index contributed by atoms with van der Waals surface area (Å²) < 4.78 is 5.78. The third-order valence-corrected chi connectivity index (χ3v) is 3.81. The van der Waals surface area contributed by atoms with E-state index in [-0.39, 0.29) is 0 Å². The topological polar surface area (TPSA) is 38.5 Å². The summed E-state index contributed by atoms with van der Waals surface area (Å²) in [5.41, 5.74) is 6.60. The summed E-state index contributed by atoms with van der Waals surface area (Å²) in [6, 6.07) is 8.57. The Kier molecular flexibility index (Phi) is 3.41. The van der Waals surface area contributed by atoms with Gasteiger partial charge in [0.25, 0.3) is 0 Å². The number of nitrogen functional groups attached to an aromatic ring is 1. The first-order valence-corrected chi connectivity index (χ1v) is 7.04. The van der Waals surface area contributed by atoms with Crippen LogP contribution in [0, 0.1) is 5.92 Å². The van der Waals surface area contributed by atoms with E-state index in [1.54, 1.807) is 0 Å². The van der Waals surface area contributed by atoms with Gasteiger partial charge in [0, 0.05) is 19.1 Å². The average Bonchev–Trinajstić information content (AvgIpc) is 3.24. The quantitative estimate of drug-likeness (QED) is 0.751. The highest BCUT2D eigenvalue weighted by atomic mass is 16.5. The van der Waals surface area contributed by atoms with Gasteiger partial charge in [-0.3, -0.25) is 4.90 Å². The molecule has 18 heavy (non-hydrogen) atoms.